The van der Waals surface area contributed by atoms with E-state index in [1.807, 2.05) is 0 Å². The van der Waals surface area contributed by atoms with Crippen molar-refractivity contribution in [3.8, 4) is 0 Å². The zero-order valence-electron chi connectivity index (χ0n) is 9.50. The molecule has 0 unspecified atom stereocenters. The van der Waals surface area contributed by atoms with Crippen LogP contribution in [0.25, 0.3) is 0 Å². The van der Waals surface area contributed by atoms with Gasteiger partial charge in [0.05, 0.1) is 11.9 Å². The molecule has 8 nitrogen and oxygen atoms in total. The highest BCUT2D eigenvalue weighted by Crippen LogP contribution is 1.89. The molecule has 0 atom stereocenters. The fraction of sp³-hybridized carbons (Fsp3) is 0.200. The Morgan fingerprint density at radius 3 is 1.44 bits per heavy atom. The Morgan fingerprint density at radius 2 is 1.33 bits per heavy atom. The zero-order valence-corrected chi connectivity index (χ0v) is 9.50. The Kier molecular flexibility index (Phi) is 8.38. The Hall–Kier alpha value is -2.64. The molecule has 0 aliphatic carbocycles. The highest BCUT2D eigenvalue weighted by Gasteiger charge is 2.00. The molecule has 0 aromatic rings. The maximum absolute atomic E-state index is 9.90. The largest absolute Gasteiger partial charge is 0.545 e. The maximum atomic E-state index is 9.90. The van der Waals surface area contributed by atoms with E-state index in [0.29, 0.717) is 12.2 Å². The SMILES string of the molecule is C/C(=C\C(=O)O)C(=O)O.C/C(=C\C(=O)[O-])C(=O)[O-]. The van der Waals surface area contributed by atoms with Gasteiger partial charge in [0.15, 0.2) is 0 Å². The molecule has 0 aliphatic rings. The van der Waals surface area contributed by atoms with E-state index in [-0.39, 0.29) is 11.1 Å². The van der Waals surface area contributed by atoms with Crippen molar-refractivity contribution in [2.24, 2.45) is 0 Å². The lowest BCUT2D eigenvalue weighted by Crippen LogP contribution is -2.26. The van der Waals surface area contributed by atoms with Crippen LogP contribution >= 0.6 is 0 Å². The van der Waals surface area contributed by atoms with E-state index in [0.717, 1.165) is 6.92 Å². The molecular weight excluding hydrogens is 248 g/mol. The Morgan fingerprint density at radius 1 is 0.889 bits per heavy atom. The van der Waals surface area contributed by atoms with Crippen LogP contribution in [0.2, 0.25) is 0 Å². The van der Waals surface area contributed by atoms with Gasteiger partial charge in [0.2, 0.25) is 0 Å². The molecule has 0 aromatic carbocycles. The molecular formula is C10H10O8-2. The van der Waals surface area contributed by atoms with E-state index in [1.54, 1.807) is 0 Å². The molecule has 0 amide bonds. The van der Waals surface area contributed by atoms with Gasteiger partial charge < -0.3 is 30.0 Å². The van der Waals surface area contributed by atoms with Crippen molar-refractivity contribution in [1.82, 2.24) is 0 Å². The normalized spacial score (nSPS) is 11.0. The number of hydrogen-bond donors (Lipinski definition) is 2. The van der Waals surface area contributed by atoms with E-state index in [9.17, 15) is 29.4 Å². The second-order valence-corrected chi connectivity index (χ2v) is 2.90. The fourth-order valence-corrected chi connectivity index (χ4v) is 0.483. The van der Waals surface area contributed by atoms with Crippen LogP contribution in [0.3, 0.4) is 0 Å². The minimum atomic E-state index is -1.53. The molecule has 0 saturated heterocycles. The van der Waals surface area contributed by atoms with Gasteiger partial charge in [-0.1, -0.05) is 0 Å². The van der Waals surface area contributed by atoms with Gasteiger partial charge >= 0.3 is 11.9 Å². The second kappa shape index (κ2) is 8.50. The third-order valence-corrected chi connectivity index (χ3v) is 1.33. The van der Waals surface area contributed by atoms with Crippen molar-refractivity contribution in [1.29, 1.82) is 0 Å². The van der Waals surface area contributed by atoms with Crippen molar-refractivity contribution in [3.63, 3.8) is 0 Å². The van der Waals surface area contributed by atoms with E-state index in [2.05, 4.69) is 0 Å². The van der Waals surface area contributed by atoms with Gasteiger partial charge in [0.25, 0.3) is 0 Å². The average Bonchev–Trinajstić information content (AvgIpc) is 2.16. The van der Waals surface area contributed by atoms with Gasteiger partial charge in [-0.25, -0.2) is 9.59 Å². The minimum absolute atomic E-state index is 0.178. The van der Waals surface area contributed by atoms with E-state index >= 15 is 0 Å². The highest BCUT2D eigenvalue weighted by molar-refractivity contribution is 5.94. The summed E-state index contributed by atoms with van der Waals surface area (Å²) < 4.78 is 0. The predicted molar refractivity (Wildman–Crippen MR) is 52.8 cm³/mol. The van der Waals surface area contributed by atoms with Crippen molar-refractivity contribution < 1.29 is 39.6 Å². The third kappa shape index (κ3) is 11.4. The van der Waals surface area contributed by atoms with E-state index in [4.69, 9.17) is 10.2 Å². The van der Waals surface area contributed by atoms with Crippen molar-refractivity contribution in [2.75, 3.05) is 0 Å². The minimum Gasteiger partial charge on any atom is -0.545 e. The smallest absolute Gasteiger partial charge is 0.331 e. The van der Waals surface area contributed by atoms with Crippen LogP contribution in [0.4, 0.5) is 0 Å². The first-order valence-corrected chi connectivity index (χ1v) is 4.33. The summed E-state index contributed by atoms with van der Waals surface area (Å²) in [5.41, 5.74) is -0.530. The van der Waals surface area contributed by atoms with Gasteiger partial charge in [0, 0.05) is 11.6 Å². The fourth-order valence-electron chi connectivity index (χ4n) is 0.483. The average molecular weight is 258 g/mol. The van der Waals surface area contributed by atoms with Crippen LogP contribution < -0.4 is 10.2 Å². The number of rotatable bonds is 4. The van der Waals surface area contributed by atoms with E-state index in [1.165, 1.54) is 6.92 Å². The summed E-state index contributed by atoms with van der Waals surface area (Å²) in [6.07, 6.45) is 1.11. The molecule has 0 fully saturated rings. The summed E-state index contributed by atoms with van der Waals surface area (Å²) in [5, 5.41) is 35.5. The first-order valence-electron chi connectivity index (χ1n) is 4.33. The summed E-state index contributed by atoms with van der Waals surface area (Å²) in [6.45, 7) is 2.33. The van der Waals surface area contributed by atoms with Gasteiger partial charge in [-0.3, -0.25) is 0 Å². The standard InChI is InChI=1S/2C5H6O4/c2*1-3(5(8)9)2-4(6)7/h2*2H,1H3,(H,6,7)(H,8,9)/p-2/b2*3-2+. The molecule has 0 bridgehead atoms. The van der Waals surface area contributed by atoms with Crippen LogP contribution in [-0.4, -0.2) is 34.1 Å². The monoisotopic (exact) mass is 258 g/mol. The lowest BCUT2D eigenvalue weighted by molar-refractivity contribution is -0.302. The third-order valence-electron chi connectivity index (χ3n) is 1.33. The number of carboxylic acids is 4. The summed E-state index contributed by atoms with van der Waals surface area (Å²) in [4.78, 5) is 39.1. The molecule has 0 aromatic heterocycles. The molecule has 0 radical (unpaired) electrons. The van der Waals surface area contributed by atoms with Gasteiger partial charge in [-0.05, 0) is 25.5 Å². The Labute approximate surface area is 101 Å². The molecule has 2 N–H and O–H groups in total. The molecule has 0 aliphatic heterocycles. The molecule has 0 heterocycles. The molecule has 8 heteroatoms. The zero-order chi connectivity index (χ0) is 14.9. The van der Waals surface area contributed by atoms with Crippen molar-refractivity contribution in [3.05, 3.63) is 23.3 Å². The quantitative estimate of drug-likeness (QED) is 0.525. The number of carboxylic acid groups (broad SMARTS) is 4. The Balaban J connectivity index is 0. The first-order chi connectivity index (χ1) is 8.07. The summed E-state index contributed by atoms with van der Waals surface area (Å²) in [6, 6.07) is 0. The lowest BCUT2D eigenvalue weighted by Gasteiger charge is -2.00. The number of aliphatic carboxylic acids is 4. The summed E-state index contributed by atoms with van der Waals surface area (Å²) in [5.74, 6) is -5.48. The highest BCUT2D eigenvalue weighted by atomic mass is 16.4. The molecule has 18 heavy (non-hydrogen) atoms. The van der Waals surface area contributed by atoms with Crippen LogP contribution in [0.1, 0.15) is 13.8 Å². The maximum Gasteiger partial charge on any atom is 0.331 e. The van der Waals surface area contributed by atoms with Gasteiger partial charge in [0.1, 0.15) is 0 Å². The van der Waals surface area contributed by atoms with Crippen molar-refractivity contribution >= 4 is 23.9 Å². The van der Waals surface area contributed by atoms with Crippen molar-refractivity contribution in [2.45, 2.75) is 13.8 Å². The number of carbonyl (C=O) groups excluding carboxylic acids is 2. The van der Waals surface area contributed by atoms with Gasteiger partial charge in [-0.2, -0.15) is 0 Å². The first kappa shape index (κ1) is 17.7. The van der Waals surface area contributed by atoms with Gasteiger partial charge in [-0.15, -0.1) is 0 Å². The number of hydrogen-bond acceptors (Lipinski definition) is 6. The second-order valence-electron chi connectivity index (χ2n) is 2.90. The topological polar surface area (TPSA) is 155 Å². The lowest BCUT2D eigenvalue weighted by atomic mass is 10.3. The van der Waals surface area contributed by atoms with Crippen LogP contribution in [-0.2, 0) is 19.2 Å². The molecule has 100 valence electrons. The van der Waals surface area contributed by atoms with E-state index < -0.39 is 23.9 Å². The molecule has 0 spiro atoms. The van der Waals surface area contributed by atoms with Crippen LogP contribution in [0, 0.1) is 0 Å². The predicted octanol–water partition coefficient (Wildman–Crippen LogP) is -2.47. The summed E-state index contributed by atoms with van der Waals surface area (Å²) >= 11 is 0. The van der Waals surface area contributed by atoms with Crippen LogP contribution in [0.15, 0.2) is 23.3 Å². The molecule has 0 saturated carbocycles. The Bertz CT molecular complexity index is 376. The molecule has 0 rings (SSSR count). The number of carbonyl (C=O) groups is 4. The summed E-state index contributed by atoms with van der Waals surface area (Å²) in [7, 11) is 0. The van der Waals surface area contributed by atoms with Crippen LogP contribution in [0.5, 0.6) is 0 Å².